The first-order chi connectivity index (χ1) is 11.5. The number of rotatable bonds is 5. The molecule has 1 aromatic heterocycles. The zero-order valence-corrected chi connectivity index (χ0v) is 15.3. The first-order valence-corrected chi connectivity index (χ1v) is 8.19. The fourth-order valence-corrected chi connectivity index (χ4v) is 2.85. The topological polar surface area (TPSA) is 72.1 Å². The van der Waals surface area contributed by atoms with Crippen LogP contribution >= 0.6 is 12.4 Å². The van der Waals surface area contributed by atoms with Crippen molar-refractivity contribution in [2.75, 3.05) is 39.5 Å². The summed E-state index contributed by atoms with van der Waals surface area (Å²) in [7, 11) is 0. The number of aryl methyl sites for hydroxylation is 1. The van der Waals surface area contributed by atoms with E-state index in [1.807, 2.05) is 19.1 Å². The Labute approximate surface area is 152 Å². The van der Waals surface area contributed by atoms with Crippen LogP contribution in [-0.2, 0) is 4.74 Å². The molecule has 0 aliphatic carbocycles. The molecule has 0 spiro atoms. The average molecular weight is 370 g/mol. The van der Waals surface area contributed by atoms with E-state index in [1.54, 1.807) is 13.0 Å². The van der Waals surface area contributed by atoms with E-state index in [9.17, 15) is 9.90 Å². The first-order valence-electron chi connectivity index (χ1n) is 8.19. The van der Waals surface area contributed by atoms with Gasteiger partial charge in [-0.2, -0.15) is 0 Å². The Hall–Kier alpha value is -1.60. The van der Waals surface area contributed by atoms with E-state index in [4.69, 9.17) is 13.9 Å². The molecule has 1 fully saturated rings. The lowest BCUT2D eigenvalue weighted by molar-refractivity contribution is 0.00466. The molecule has 2 aromatic rings. The number of morpholine rings is 1. The number of hydrogen-bond donors (Lipinski definition) is 1. The number of aliphatic hydroxyl groups is 1. The Kier molecular flexibility index (Phi) is 6.84. The van der Waals surface area contributed by atoms with Gasteiger partial charge in [0.2, 0.25) is 0 Å². The fraction of sp³-hybridized carbons (Fsp3) is 0.500. The monoisotopic (exact) mass is 369 g/mol. The maximum absolute atomic E-state index is 11.8. The minimum absolute atomic E-state index is 0. The van der Waals surface area contributed by atoms with Crippen LogP contribution in [0.5, 0.6) is 5.75 Å². The summed E-state index contributed by atoms with van der Waals surface area (Å²) in [5.74, 6) is 0.579. The normalized spacial score (nSPS) is 16.4. The third-order valence-electron chi connectivity index (χ3n) is 4.44. The highest BCUT2D eigenvalue weighted by Gasteiger charge is 2.15. The molecule has 6 nitrogen and oxygen atoms in total. The van der Waals surface area contributed by atoms with E-state index in [2.05, 4.69) is 4.90 Å². The van der Waals surface area contributed by atoms with Crippen molar-refractivity contribution in [3.8, 4) is 5.75 Å². The Bertz CT molecular complexity index is 770. The quantitative estimate of drug-likeness (QED) is 0.812. The molecule has 138 valence electrons. The first kappa shape index (κ1) is 19.7. The molecule has 0 unspecified atom stereocenters. The second-order valence-electron chi connectivity index (χ2n) is 6.18. The summed E-state index contributed by atoms with van der Waals surface area (Å²) >= 11 is 0. The number of nitrogens with zero attached hydrogens (tertiary/aromatic N) is 1. The summed E-state index contributed by atoms with van der Waals surface area (Å²) in [4.78, 5) is 13.9. The van der Waals surface area contributed by atoms with Crippen molar-refractivity contribution in [3.63, 3.8) is 0 Å². The number of benzene rings is 1. The van der Waals surface area contributed by atoms with Crippen molar-refractivity contribution in [1.82, 2.24) is 4.90 Å². The van der Waals surface area contributed by atoms with Gasteiger partial charge in [0.1, 0.15) is 24.0 Å². The molecule has 1 saturated heterocycles. The highest BCUT2D eigenvalue weighted by molar-refractivity contribution is 5.85. The molecular formula is C18H24ClNO5. The van der Waals surface area contributed by atoms with Crippen molar-refractivity contribution < 1.29 is 19.0 Å². The van der Waals surface area contributed by atoms with E-state index in [0.717, 1.165) is 24.0 Å². The van der Waals surface area contributed by atoms with Crippen LogP contribution in [0.1, 0.15) is 11.1 Å². The van der Waals surface area contributed by atoms with Crippen LogP contribution in [-0.4, -0.2) is 55.6 Å². The van der Waals surface area contributed by atoms with Gasteiger partial charge in [-0.1, -0.05) is 0 Å². The third-order valence-corrected chi connectivity index (χ3v) is 4.44. The van der Waals surface area contributed by atoms with Gasteiger partial charge in [-0.05, 0) is 31.5 Å². The second-order valence-corrected chi connectivity index (χ2v) is 6.18. The Morgan fingerprint density at radius 2 is 1.96 bits per heavy atom. The van der Waals surface area contributed by atoms with Crippen molar-refractivity contribution in [1.29, 1.82) is 0 Å². The molecule has 0 saturated carbocycles. The fourth-order valence-electron chi connectivity index (χ4n) is 2.85. The minimum Gasteiger partial charge on any atom is -0.491 e. The van der Waals surface area contributed by atoms with E-state index in [-0.39, 0.29) is 24.6 Å². The van der Waals surface area contributed by atoms with Crippen LogP contribution in [0.3, 0.4) is 0 Å². The second kappa shape index (κ2) is 8.67. The van der Waals surface area contributed by atoms with Gasteiger partial charge in [-0.15, -0.1) is 12.4 Å². The van der Waals surface area contributed by atoms with E-state index in [1.165, 1.54) is 0 Å². The lowest BCUT2D eigenvalue weighted by Crippen LogP contribution is -2.42. The Balaban J connectivity index is 0.00000225. The molecule has 0 radical (unpaired) electrons. The lowest BCUT2D eigenvalue weighted by Gasteiger charge is -2.28. The van der Waals surface area contributed by atoms with Crippen LogP contribution in [0.15, 0.2) is 27.4 Å². The molecule has 1 atom stereocenters. The molecule has 0 amide bonds. The molecule has 0 bridgehead atoms. The van der Waals surface area contributed by atoms with Gasteiger partial charge < -0.3 is 19.0 Å². The van der Waals surface area contributed by atoms with Crippen LogP contribution < -0.4 is 10.4 Å². The average Bonchev–Trinajstić information content (AvgIpc) is 2.59. The van der Waals surface area contributed by atoms with Gasteiger partial charge >= 0.3 is 5.63 Å². The number of ether oxygens (including phenoxy) is 2. The summed E-state index contributed by atoms with van der Waals surface area (Å²) < 4.78 is 16.3. The highest BCUT2D eigenvalue weighted by Crippen LogP contribution is 2.24. The summed E-state index contributed by atoms with van der Waals surface area (Å²) in [5.41, 5.74) is 1.71. The zero-order valence-electron chi connectivity index (χ0n) is 14.5. The summed E-state index contributed by atoms with van der Waals surface area (Å²) in [6.07, 6.45) is -0.578. The molecule has 1 aromatic carbocycles. The van der Waals surface area contributed by atoms with Crippen molar-refractivity contribution in [2.24, 2.45) is 0 Å². The van der Waals surface area contributed by atoms with Crippen LogP contribution in [0, 0.1) is 13.8 Å². The van der Waals surface area contributed by atoms with Crippen molar-refractivity contribution in [2.45, 2.75) is 20.0 Å². The number of aliphatic hydroxyl groups excluding tert-OH is 1. The van der Waals surface area contributed by atoms with Crippen molar-refractivity contribution >= 4 is 23.4 Å². The van der Waals surface area contributed by atoms with Gasteiger partial charge in [0, 0.05) is 36.7 Å². The van der Waals surface area contributed by atoms with Gasteiger partial charge in [-0.3, -0.25) is 4.90 Å². The van der Waals surface area contributed by atoms with Gasteiger partial charge in [0.15, 0.2) is 0 Å². The van der Waals surface area contributed by atoms with E-state index >= 15 is 0 Å². The predicted molar refractivity (Wildman–Crippen MR) is 98.0 cm³/mol. The molecule has 1 N–H and O–H groups in total. The molecular weight excluding hydrogens is 346 g/mol. The van der Waals surface area contributed by atoms with Crippen LogP contribution in [0.2, 0.25) is 0 Å². The molecule has 3 rings (SSSR count). The SMILES string of the molecule is Cc1c(C)c2ccc(OC[C@@H](O)CN3CCOCC3)cc2oc1=O.Cl. The summed E-state index contributed by atoms with van der Waals surface area (Å²) in [6, 6.07) is 5.41. The Morgan fingerprint density at radius 1 is 1.24 bits per heavy atom. The summed E-state index contributed by atoms with van der Waals surface area (Å²) in [5, 5.41) is 11.0. The van der Waals surface area contributed by atoms with Gasteiger partial charge in [0.25, 0.3) is 0 Å². The molecule has 25 heavy (non-hydrogen) atoms. The summed E-state index contributed by atoms with van der Waals surface area (Å²) in [6.45, 7) is 7.48. The van der Waals surface area contributed by atoms with Crippen LogP contribution in [0.25, 0.3) is 11.0 Å². The largest absolute Gasteiger partial charge is 0.491 e. The van der Waals surface area contributed by atoms with Crippen LogP contribution in [0.4, 0.5) is 0 Å². The van der Waals surface area contributed by atoms with Crippen molar-refractivity contribution in [3.05, 3.63) is 39.7 Å². The van der Waals surface area contributed by atoms with E-state index < -0.39 is 6.10 Å². The number of halogens is 1. The molecule has 7 heteroatoms. The predicted octanol–water partition coefficient (Wildman–Crippen LogP) is 1.90. The third kappa shape index (κ3) is 4.73. The number of β-amino-alcohol motifs (C(OH)–C–C–N with tert-alkyl or cyclic N) is 1. The smallest absolute Gasteiger partial charge is 0.339 e. The molecule has 1 aliphatic heterocycles. The van der Waals surface area contributed by atoms with Gasteiger partial charge in [0.05, 0.1) is 13.2 Å². The Morgan fingerprint density at radius 3 is 2.68 bits per heavy atom. The standard InChI is InChI=1S/C18H23NO5.ClH/c1-12-13(2)18(21)24-17-9-15(3-4-16(12)17)23-11-14(20)10-19-5-7-22-8-6-19;/h3-4,9,14,20H,5-8,10-11H2,1-2H3;1H/t14-;/m0./s1. The minimum atomic E-state index is -0.578. The highest BCUT2D eigenvalue weighted by atomic mass is 35.5. The lowest BCUT2D eigenvalue weighted by atomic mass is 10.1. The zero-order chi connectivity index (χ0) is 17.1. The maximum atomic E-state index is 11.8. The number of fused-ring (bicyclic) bond motifs is 1. The molecule has 1 aliphatic rings. The molecule has 2 heterocycles. The van der Waals surface area contributed by atoms with E-state index in [0.29, 0.717) is 36.7 Å². The number of hydrogen-bond acceptors (Lipinski definition) is 6. The van der Waals surface area contributed by atoms with Gasteiger partial charge in [-0.25, -0.2) is 4.79 Å². The maximum Gasteiger partial charge on any atom is 0.339 e.